The van der Waals surface area contributed by atoms with Gasteiger partial charge in [0.05, 0.1) is 5.75 Å². The molecule has 3 rings (SSSR count). The SMILES string of the molecule is CCCNC(=O)[C@@H](Cc1ccccc1)N(Cc1c(Cl)cccc1Cl)C(=O)CSCc1ccccc1Cl. The van der Waals surface area contributed by atoms with Crippen molar-refractivity contribution in [1.29, 1.82) is 0 Å². The number of hydrogen-bond donors (Lipinski definition) is 1. The second kappa shape index (κ2) is 14.5. The Morgan fingerprint density at radius 3 is 2.19 bits per heavy atom. The predicted octanol–water partition coefficient (Wildman–Crippen LogP) is 7.05. The summed E-state index contributed by atoms with van der Waals surface area (Å²) in [5, 5.41) is 4.54. The minimum atomic E-state index is -0.722. The van der Waals surface area contributed by atoms with Crippen LogP contribution in [0.4, 0.5) is 0 Å². The zero-order chi connectivity index (χ0) is 25.9. The van der Waals surface area contributed by atoms with Crippen LogP contribution in [0.15, 0.2) is 72.8 Å². The number of halogens is 3. The Hall–Kier alpha value is -2.18. The van der Waals surface area contributed by atoms with Gasteiger partial charge >= 0.3 is 0 Å². The van der Waals surface area contributed by atoms with Crippen LogP contribution < -0.4 is 5.32 Å². The highest BCUT2D eigenvalue weighted by molar-refractivity contribution is 7.99. The van der Waals surface area contributed by atoms with Gasteiger partial charge in [0.25, 0.3) is 0 Å². The van der Waals surface area contributed by atoms with Crippen molar-refractivity contribution in [3.8, 4) is 0 Å². The fourth-order valence-electron chi connectivity index (χ4n) is 3.72. The summed E-state index contributed by atoms with van der Waals surface area (Å²) in [6.07, 6.45) is 1.17. The van der Waals surface area contributed by atoms with Gasteiger partial charge in [-0.25, -0.2) is 0 Å². The smallest absolute Gasteiger partial charge is 0.243 e. The van der Waals surface area contributed by atoms with E-state index in [1.54, 1.807) is 23.1 Å². The average molecular weight is 564 g/mol. The molecule has 2 amide bonds. The second-order valence-electron chi connectivity index (χ2n) is 8.30. The number of nitrogens with zero attached hydrogens (tertiary/aromatic N) is 1. The summed E-state index contributed by atoms with van der Waals surface area (Å²) < 4.78 is 0. The topological polar surface area (TPSA) is 49.4 Å². The molecule has 4 nitrogen and oxygen atoms in total. The highest BCUT2D eigenvalue weighted by Gasteiger charge is 2.31. The standard InChI is InChI=1S/C28H29Cl3N2O2S/c1-2-15-32-28(35)26(16-20-9-4-3-5-10-20)33(17-22-24(30)13-8-14-25(22)31)27(34)19-36-18-21-11-6-7-12-23(21)29/h3-14,26H,2,15-19H2,1H3,(H,32,35)/t26-/m1/s1. The minimum Gasteiger partial charge on any atom is -0.354 e. The Labute approximate surface area is 232 Å². The van der Waals surface area contributed by atoms with Gasteiger partial charge < -0.3 is 10.2 Å². The molecule has 0 aliphatic heterocycles. The number of rotatable bonds is 12. The van der Waals surface area contributed by atoms with Gasteiger partial charge in [0.1, 0.15) is 6.04 Å². The molecule has 190 valence electrons. The van der Waals surface area contributed by atoms with Crippen molar-refractivity contribution in [2.45, 2.75) is 38.1 Å². The summed E-state index contributed by atoms with van der Waals surface area (Å²) >= 11 is 20.7. The van der Waals surface area contributed by atoms with Crippen molar-refractivity contribution in [1.82, 2.24) is 10.2 Å². The summed E-state index contributed by atoms with van der Waals surface area (Å²) in [7, 11) is 0. The van der Waals surface area contributed by atoms with Crippen molar-refractivity contribution >= 4 is 58.4 Å². The van der Waals surface area contributed by atoms with Gasteiger partial charge in [-0.3, -0.25) is 9.59 Å². The number of thioether (sulfide) groups is 1. The lowest BCUT2D eigenvalue weighted by Gasteiger charge is -2.32. The largest absolute Gasteiger partial charge is 0.354 e. The first-order valence-electron chi connectivity index (χ1n) is 11.8. The van der Waals surface area contributed by atoms with Crippen LogP contribution in [0.5, 0.6) is 0 Å². The van der Waals surface area contributed by atoms with Gasteiger partial charge in [0, 0.05) is 45.9 Å². The fourth-order valence-corrected chi connectivity index (χ4v) is 5.43. The zero-order valence-electron chi connectivity index (χ0n) is 20.1. The number of carbonyl (C=O) groups excluding carboxylic acids is 2. The van der Waals surface area contributed by atoms with Crippen molar-refractivity contribution in [3.63, 3.8) is 0 Å². The van der Waals surface area contributed by atoms with E-state index in [1.807, 2.05) is 61.5 Å². The molecule has 0 heterocycles. The van der Waals surface area contributed by atoms with E-state index < -0.39 is 6.04 Å². The fraction of sp³-hybridized carbons (Fsp3) is 0.286. The molecular weight excluding hydrogens is 535 g/mol. The number of benzene rings is 3. The minimum absolute atomic E-state index is 0.126. The van der Waals surface area contributed by atoms with Crippen LogP contribution in [0.25, 0.3) is 0 Å². The van der Waals surface area contributed by atoms with E-state index in [1.165, 1.54) is 11.8 Å². The molecule has 3 aromatic rings. The van der Waals surface area contributed by atoms with E-state index in [4.69, 9.17) is 34.8 Å². The predicted molar refractivity (Wildman–Crippen MR) is 152 cm³/mol. The molecule has 0 aliphatic carbocycles. The maximum absolute atomic E-state index is 13.7. The third-order valence-electron chi connectivity index (χ3n) is 5.65. The molecule has 0 spiro atoms. The maximum Gasteiger partial charge on any atom is 0.243 e. The average Bonchev–Trinajstić information content (AvgIpc) is 2.88. The molecule has 1 N–H and O–H groups in total. The van der Waals surface area contributed by atoms with E-state index in [-0.39, 0.29) is 24.1 Å². The first-order chi connectivity index (χ1) is 17.4. The van der Waals surface area contributed by atoms with Crippen LogP contribution >= 0.6 is 46.6 Å². The van der Waals surface area contributed by atoms with Crippen LogP contribution in [0, 0.1) is 0 Å². The lowest BCUT2D eigenvalue weighted by Crippen LogP contribution is -2.51. The number of hydrogen-bond acceptors (Lipinski definition) is 3. The monoisotopic (exact) mass is 562 g/mol. The molecule has 3 aromatic carbocycles. The molecule has 0 aliphatic rings. The van der Waals surface area contributed by atoms with Gasteiger partial charge in [-0.05, 0) is 35.7 Å². The van der Waals surface area contributed by atoms with E-state index in [0.717, 1.165) is 17.5 Å². The molecular formula is C28H29Cl3N2O2S. The van der Waals surface area contributed by atoms with Gasteiger partial charge in [0.2, 0.25) is 11.8 Å². The van der Waals surface area contributed by atoms with Gasteiger partial charge in [0.15, 0.2) is 0 Å². The molecule has 0 saturated carbocycles. The van der Waals surface area contributed by atoms with Gasteiger partial charge in [-0.15, -0.1) is 11.8 Å². The molecule has 8 heteroatoms. The second-order valence-corrected chi connectivity index (χ2v) is 10.5. The zero-order valence-corrected chi connectivity index (χ0v) is 23.1. The van der Waals surface area contributed by atoms with Gasteiger partial charge in [-0.2, -0.15) is 0 Å². The Morgan fingerprint density at radius 2 is 1.53 bits per heavy atom. The van der Waals surface area contributed by atoms with E-state index in [0.29, 0.717) is 39.3 Å². The summed E-state index contributed by atoms with van der Waals surface area (Å²) in [5.74, 6) is 0.390. The molecule has 36 heavy (non-hydrogen) atoms. The first kappa shape index (κ1) is 28.4. The Balaban J connectivity index is 1.89. The van der Waals surface area contributed by atoms with Crippen molar-refractivity contribution in [3.05, 3.63) is 105 Å². The number of nitrogens with one attached hydrogen (secondary N) is 1. The number of amides is 2. The van der Waals surface area contributed by atoms with Crippen LogP contribution in [-0.4, -0.2) is 35.1 Å². The third-order valence-corrected chi connectivity index (χ3v) is 7.69. The summed E-state index contributed by atoms with van der Waals surface area (Å²) in [4.78, 5) is 28.6. The highest BCUT2D eigenvalue weighted by atomic mass is 35.5. The summed E-state index contributed by atoms with van der Waals surface area (Å²) in [5.41, 5.74) is 2.53. The number of carbonyl (C=O) groups is 2. The molecule has 0 unspecified atom stereocenters. The van der Waals surface area contributed by atoms with E-state index in [9.17, 15) is 9.59 Å². The van der Waals surface area contributed by atoms with Crippen LogP contribution in [0.3, 0.4) is 0 Å². The van der Waals surface area contributed by atoms with Gasteiger partial charge in [-0.1, -0.05) is 96.3 Å². The lowest BCUT2D eigenvalue weighted by atomic mass is 10.0. The molecule has 0 saturated heterocycles. The van der Waals surface area contributed by atoms with Crippen LogP contribution in [0.1, 0.15) is 30.0 Å². The normalized spacial score (nSPS) is 11.7. The molecule has 0 bridgehead atoms. The molecule has 0 aromatic heterocycles. The molecule has 1 atom stereocenters. The molecule has 0 fully saturated rings. The van der Waals surface area contributed by atoms with Crippen molar-refractivity contribution < 1.29 is 9.59 Å². The Morgan fingerprint density at radius 1 is 0.889 bits per heavy atom. The van der Waals surface area contributed by atoms with Crippen molar-refractivity contribution in [2.24, 2.45) is 0 Å². The Kier molecular flexibility index (Phi) is 11.5. The van der Waals surface area contributed by atoms with E-state index in [2.05, 4.69) is 5.32 Å². The summed E-state index contributed by atoms with van der Waals surface area (Å²) in [6.45, 7) is 2.64. The highest BCUT2D eigenvalue weighted by Crippen LogP contribution is 2.28. The molecule has 0 radical (unpaired) electrons. The Bertz CT molecular complexity index is 1140. The first-order valence-corrected chi connectivity index (χ1v) is 14.0. The van der Waals surface area contributed by atoms with Crippen LogP contribution in [0.2, 0.25) is 15.1 Å². The van der Waals surface area contributed by atoms with Crippen LogP contribution in [-0.2, 0) is 28.3 Å². The van der Waals surface area contributed by atoms with E-state index >= 15 is 0 Å². The lowest BCUT2D eigenvalue weighted by molar-refractivity contribution is -0.139. The summed E-state index contributed by atoms with van der Waals surface area (Å²) in [6, 6.07) is 21.8. The van der Waals surface area contributed by atoms with Crippen molar-refractivity contribution in [2.75, 3.05) is 12.3 Å². The quantitative estimate of drug-likeness (QED) is 0.257. The third kappa shape index (κ3) is 8.17. The maximum atomic E-state index is 13.7.